The van der Waals surface area contributed by atoms with E-state index in [1.165, 1.54) is 19.3 Å². The summed E-state index contributed by atoms with van der Waals surface area (Å²) in [5.41, 5.74) is 2.51. The van der Waals surface area contributed by atoms with Crippen molar-refractivity contribution < 1.29 is 0 Å². The van der Waals surface area contributed by atoms with E-state index in [9.17, 15) is 0 Å². The zero-order valence-electron chi connectivity index (χ0n) is 11.0. The Hall–Kier alpha value is -0.920. The van der Waals surface area contributed by atoms with Gasteiger partial charge in [0.15, 0.2) is 0 Å². The molecule has 2 aliphatic rings. The minimum Gasteiger partial charge on any atom is -0.354 e. The molecule has 1 aromatic rings. The second-order valence-electron chi connectivity index (χ2n) is 5.29. The van der Waals surface area contributed by atoms with Crippen molar-refractivity contribution in [2.45, 2.75) is 31.3 Å². The molecule has 19 heavy (non-hydrogen) atoms. The van der Waals surface area contributed by atoms with E-state index in [4.69, 9.17) is 5.84 Å². The lowest BCUT2D eigenvalue weighted by atomic mass is 10.1. The van der Waals surface area contributed by atoms with Crippen molar-refractivity contribution in [3.05, 3.63) is 10.7 Å². The molecule has 7 heteroatoms. The number of hydrogen-bond acceptors (Lipinski definition) is 6. The van der Waals surface area contributed by atoms with Crippen LogP contribution in [0.25, 0.3) is 0 Å². The molecule has 2 unspecified atom stereocenters. The van der Waals surface area contributed by atoms with Crippen molar-refractivity contribution in [3.63, 3.8) is 0 Å². The molecule has 104 valence electrons. The standard InChI is InChI=1S/C12H19BrN6/c1-18-8-2-3-9(18)7-19(5-4-8)11-10(13)6-15-12(16-11)17-14/h6,8-9H,2-5,7,14H2,1H3,(H,15,16,17). The Balaban J connectivity index is 1.86. The van der Waals surface area contributed by atoms with Crippen molar-refractivity contribution in [1.82, 2.24) is 14.9 Å². The van der Waals surface area contributed by atoms with Gasteiger partial charge in [-0.25, -0.2) is 10.8 Å². The molecule has 0 radical (unpaired) electrons. The van der Waals surface area contributed by atoms with Gasteiger partial charge in [-0.1, -0.05) is 0 Å². The van der Waals surface area contributed by atoms with E-state index in [1.54, 1.807) is 6.20 Å². The van der Waals surface area contributed by atoms with Crippen molar-refractivity contribution in [2.24, 2.45) is 5.84 Å². The van der Waals surface area contributed by atoms with Gasteiger partial charge in [0.1, 0.15) is 5.82 Å². The van der Waals surface area contributed by atoms with Gasteiger partial charge in [-0.2, -0.15) is 4.98 Å². The van der Waals surface area contributed by atoms with Gasteiger partial charge in [0.25, 0.3) is 0 Å². The van der Waals surface area contributed by atoms with E-state index in [-0.39, 0.29) is 0 Å². The molecule has 0 spiro atoms. The smallest absolute Gasteiger partial charge is 0.239 e. The van der Waals surface area contributed by atoms with E-state index < -0.39 is 0 Å². The number of hydrogen-bond donors (Lipinski definition) is 2. The van der Waals surface area contributed by atoms with Gasteiger partial charge in [0.05, 0.1) is 4.47 Å². The number of halogens is 1. The number of nitrogens with two attached hydrogens (primary N) is 1. The predicted octanol–water partition coefficient (Wildman–Crippen LogP) is 1.20. The Labute approximate surface area is 121 Å². The number of likely N-dealkylation sites (N-methyl/N-ethyl adjacent to an activating group) is 1. The monoisotopic (exact) mass is 326 g/mol. The molecule has 0 amide bonds. The van der Waals surface area contributed by atoms with Crippen LogP contribution in [0.15, 0.2) is 10.7 Å². The number of fused-ring (bicyclic) bond motifs is 2. The van der Waals surface area contributed by atoms with Gasteiger partial charge in [0.2, 0.25) is 5.95 Å². The highest BCUT2D eigenvalue weighted by atomic mass is 79.9. The number of nitrogen functional groups attached to an aromatic ring is 1. The normalized spacial score (nSPS) is 27.4. The summed E-state index contributed by atoms with van der Waals surface area (Å²) in [6.45, 7) is 2.05. The molecular formula is C12H19BrN6. The molecule has 2 aliphatic heterocycles. The number of nitrogens with zero attached hydrogens (tertiary/aromatic N) is 4. The van der Waals surface area contributed by atoms with Crippen LogP contribution in [0.4, 0.5) is 11.8 Å². The Morgan fingerprint density at radius 2 is 2.16 bits per heavy atom. The molecule has 0 saturated carbocycles. The maximum absolute atomic E-state index is 5.39. The number of nitrogens with one attached hydrogen (secondary N) is 1. The molecule has 6 nitrogen and oxygen atoms in total. The lowest BCUT2D eigenvalue weighted by Gasteiger charge is -2.27. The summed E-state index contributed by atoms with van der Waals surface area (Å²) in [4.78, 5) is 13.5. The third-order valence-electron chi connectivity index (χ3n) is 4.30. The average molecular weight is 327 g/mol. The maximum atomic E-state index is 5.39. The highest BCUT2D eigenvalue weighted by Crippen LogP contribution is 2.32. The molecule has 2 saturated heterocycles. The molecule has 3 rings (SSSR count). The number of rotatable bonds is 2. The minimum atomic E-state index is 0.459. The van der Waals surface area contributed by atoms with Crippen LogP contribution in [0, 0.1) is 0 Å². The van der Waals surface area contributed by atoms with Crippen molar-refractivity contribution in [2.75, 3.05) is 30.5 Å². The average Bonchev–Trinajstić information content (AvgIpc) is 2.65. The summed E-state index contributed by atoms with van der Waals surface area (Å²) in [6.07, 6.45) is 5.55. The third-order valence-corrected chi connectivity index (χ3v) is 4.86. The molecule has 0 aliphatic carbocycles. The molecule has 2 atom stereocenters. The largest absolute Gasteiger partial charge is 0.354 e. The lowest BCUT2D eigenvalue weighted by Crippen LogP contribution is -2.37. The van der Waals surface area contributed by atoms with Gasteiger partial charge < -0.3 is 4.90 Å². The van der Waals surface area contributed by atoms with Crippen LogP contribution in [0.5, 0.6) is 0 Å². The highest BCUT2D eigenvalue weighted by Gasteiger charge is 2.35. The zero-order chi connectivity index (χ0) is 13.4. The molecule has 3 heterocycles. The summed E-state index contributed by atoms with van der Waals surface area (Å²) < 4.78 is 0.923. The van der Waals surface area contributed by atoms with Crippen molar-refractivity contribution >= 4 is 27.7 Å². The molecule has 2 fully saturated rings. The fourth-order valence-corrected chi connectivity index (χ4v) is 3.59. The quantitative estimate of drug-likeness (QED) is 0.628. The fourth-order valence-electron chi connectivity index (χ4n) is 3.15. The van der Waals surface area contributed by atoms with E-state index in [0.29, 0.717) is 12.0 Å². The van der Waals surface area contributed by atoms with E-state index in [0.717, 1.165) is 29.4 Å². The summed E-state index contributed by atoms with van der Waals surface area (Å²) in [7, 11) is 2.24. The molecule has 0 aromatic carbocycles. The van der Waals surface area contributed by atoms with Crippen LogP contribution < -0.4 is 16.2 Å². The Morgan fingerprint density at radius 3 is 2.95 bits per heavy atom. The number of anilines is 2. The molecule has 1 aromatic heterocycles. The first-order valence-corrected chi connectivity index (χ1v) is 7.44. The summed E-state index contributed by atoms with van der Waals surface area (Å²) in [5.74, 6) is 6.79. The van der Waals surface area contributed by atoms with Crippen LogP contribution in [-0.2, 0) is 0 Å². The van der Waals surface area contributed by atoms with E-state index >= 15 is 0 Å². The minimum absolute atomic E-state index is 0.459. The summed E-state index contributed by atoms with van der Waals surface area (Å²) in [5, 5.41) is 0. The number of aromatic nitrogens is 2. The van der Waals surface area contributed by atoms with E-state index in [2.05, 4.69) is 48.2 Å². The highest BCUT2D eigenvalue weighted by molar-refractivity contribution is 9.10. The summed E-state index contributed by atoms with van der Waals surface area (Å²) in [6, 6.07) is 1.35. The predicted molar refractivity (Wildman–Crippen MR) is 78.9 cm³/mol. The SMILES string of the molecule is CN1C2CCC1CN(c1nc(NN)ncc1Br)CC2. The topological polar surface area (TPSA) is 70.3 Å². The zero-order valence-corrected chi connectivity index (χ0v) is 12.6. The van der Waals surface area contributed by atoms with Crippen LogP contribution in [0.3, 0.4) is 0 Å². The first kappa shape index (κ1) is 13.1. The first-order valence-electron chi connectivity index (χ1n) is 6.65. The van der Waals surface area contributed by atoms with Crippen LogP contribution >= 0.6 is 15.9 Å². The molecule has 3 N–H and O–H groups in total. The molecular weight excluding hydrogens is 308 g/mol. The van der Waals surface area contributed by atoms with Gasteiger partial charge in [-0.05, 0) is 42.2 Å². The first-order chi connectivity index (χ1) is 9.19. The van der Waals surface area contributed by atoms with Gasteiger partial charge in [0, 0.05) is 31.4 Å². The Bertz CT molecular complexity index is 468. The fraction of sp³-hybridized carbons (Fsp3) is 0.667. The Kier molecular flexibility index (Phi) is 3.60. The summed E-state index contributed by atoms with van der Waals surface area (Å²) >= 11 is 3.54. The van der Waals surface area contributed by atoms with Gasteiger partial charge in [-0.15, -0.1) is 0 Å². The second kappa shape index (κ2) is 5.22. The van der Waals surface area contributed by atoms with Crippen LogP contribution in [0.2, 0.25) is 0 Å². The van der Waals surface area contributed by atoms with E-state index in [1.807, 2.05) is 0 Å². The van der Waals surface area contributed by atoms with Crippen LogP contribution in [0.1, 0.15) is 19.3 Å². The van der Waals surface area contributed by atoms with Gasteiger partial charge >= 0.3 is 0 Å². The van der Waals surface area contributed by atoms with Crippen molar-refractivity contribution in [3.8, 4) is 0 Å². The maximum Gasteiger partial charge on any atom is 0.239 e. The van der Waals surface area contributed by atoms with Crippen LogP contribution in [-0.4, -0.2) is 47.1 Å². The molecule has 2 bridgehead atoms. The third kappa shape index (κ3) is 2.42. The Morgan fingerprint density at radius 1 is 1.37 bits per heavy atom. The van der Waals surface area contributed by atoms with Gasteiger partial charge in [-0.3, -0.25) is 10.3 Å². The number of hydrazine groups is 1. The second-order valence-corrected chi connectivity index (χ2v) is 6.15. The lowest BCUT2D eigenvalue weighted by molar-refractivity contribution is 0.254. The van der Waals surface area contributed by atoms with Crippen molar-refractivity contribution in [1.29, 1.82) is 0 Å².